The number of sulfonamides is 1. The highest BCUT2D eigenvalue weighted by molar-refractivity contribution is 7.89. The first-order valence-electron chi connectivity index (χ1n) is 6.00. The van der Waals surface area contributed by atoms with Crippen molar-refractivity contribution >= 4 is 27.5 Å². The average Bonchev–Trinajstić information content (AvgIpc) is 2.52. The maximum atomic E-state index is 12.0. The smallest absolute Gasteiger partial charge is 0.231 e. The van der Waals surface area contributed by atoms with Crippen molar-refractivity contribution in [3.05, 3.63) is 0 Å². The molecule has 18 heavy (non-hydrogen) atoms. The first kappa shape index (κ1) is 15.7. The molecule has 1 amide bonds. The van der Waals surface area contributed by atoms with E-state index in [1.807, 2.05) is 4.90 Å². The van der Waals surface area contributed by atoms with Crippen LogP contribution in [0.3, 0.4) is 0 Å². The number of hydrogen-bond acceptors (Lipinski definition) is 4. The van der Waals surface area contributed by atoms with Crippen molar-refractivity contribution in [1.29, 1.82) is 0 Å². The summed E-state index contributed by atoms with van der Waals surface area (Å²) in [6, 6.07) is 0. The Bertz CT molecular complexity index is 375. The molecule has 0 atom stereocenters. The Morgan fingerprint density at radius 1 is 1.22 bits per heavy atom. The van der Waals surface area contributed by atoms with Crippen molar-refractivity contribution in [3.63, 3.8) is 0 Å². The highest BCUT2D eigenvalue weighted by atomic mass is 35.5. The van der Waals surface area contributed by atoms with Crippen LogP contribution in [0.2, 0.25) is 0 Å². The molecule has 106 valence electrons. The molecule has 0 aromatic heterocycles. The summed E-state index contributed by atoms with van der Waals surface area (Å²) in [4.78, 5) is 12.7. The molecule has 0 bridgehead atoms. The van der Waals surface area contributed by atoms with Gasteiger partial charge in [0.2, 0.25) is 15.9 Å². The van der Waals surface area contributed by atoms with Gasteiger partial charge in [0.1, 0.15) is 0 Å². The van der Waals surface area contributed by atoms with Crippen LogP contribution in [-0.2, 0) is 14.8 Å². The van der Waals surface area contributed by atoms with Gasteiger partial charge in [0.05, 0.1) is 12.3 Å². The van der Waals surface area contributed by atoms with Gasteiger partial charge in [-0.2, -0.15) is 0 Å². The largest absolute Gasteiger partial charge is 0.369 e. The molecule has 8 heteroatoms. The van der Waals surface area contributed by atoms with Crippen molar-refractivity contribution in [2.45, 2.75) is 12.8 Å². The number of primary amides is 1. The van der Waals surface area contributed by atoms with E-state index in [1.54, 1.807) is 0 Å². The molecule has 0 aromatic carbocycles. The third-order valence-electron chi connectivity index (χ3n) is 2.86. The summed E-state index contributed by atoms with van der Waals surface area (Å²) >= 11 is 5.52. The fourth-order valence-electron chi connectivity index (χ4n) is 1.97. The minimum Gasteiger partial charge on any atom is -0.369 e. The number of carbonyl (C=O) groups is 1. The molecule has 1 fully saturated rings. The molecule has 0 unspecified atom stereocenters. The van der Waals surface area contributed by atoms with Crippen LogP contribution in [0.1, 0.15) is 12.8 Å². The molecule has 1 rings (SSSR count). The second-order valence-corrected chi connectivity index (χ2v) is 6.82. The lowest BCUT2D eigenvalue weighted by molar-refractivity contribution is -0.119. The van der Waals surface area contributed by atoms with Crippen molar-refractivity contribution in [2.24, 2.45) is 5.73 Å². The van der Waals surface area contributed by atoms with Crippen LogP contribution in [0.4, 0.5) is 0 Å². The third kappa shape index (κ3) is 5.09. The third-order valence-corrected chi connectivity index (χ3v) is 5.08. The lowest BCUT2D eigenvalue weighted by Gasteiger charge is -2.20. The predicted octanol–water partition coefficient (Wildman–Crippen LogP) is -0.562. The zero-order valence-corrected chi connectivity index (χ0v) is 11.9. The second-order valence-electron chi connectivity index (χ2n) is 4.35. The summed E-state index contributed by atoms with van der Waals surface area (Å²) in [5, 5.41) is 0. The van der Waals surface area contributed by atoms with Gasteiger partial charge in [0.25, 0.3) is 0 Å². The number of rotatable bonds is 6. The van der Waals surface area contributed by atoms with Gasteiger partial charge in [0, 0.05) is 25.5 Å². The van der Waals surface area contributed by atoms with Gasteiger partial charge in [-0.15, -0.1) is 11.6 Å². The minimum absolute atomic E-state index is 0.0896. The van der Waals surface area contributed by atoms with E-state index >= 15 is 0 Å². The van der Waals surface area contributed by atoms with Gasteiger partial charge in [-0.3, -0.25) is 9.69 Å². The van der Waals surface area contributed by atoms with E-state index in [0.717, 1.165) is 0 Å². The number of amides is 1. The zero-order valence-electron chi connectivity index (χ0n) is 10.3. The van der Waals surface area contributed by atoms with E-state index in [2.05, 4.69) is 0 Å². The number of halogens is 1. The molecule has 0 radical (unpaired) electrons. The Balaban J connectivity index is 2.53. The summed E-state index contributed by atoms with van der Waals surface area (Å²) in [6.07, 6.45) is 1.18. The summed E-state index contributed by atoms with van der Waals surface area (Å²) in [7, 11) is -3.21. The predicted molar refractivity (Wildman–Crippen MR) is 70.9 cm³/mol. The molecule has 1 aliphatic heterocycles. The topological polar surface area (TPSA) is 83.7 Å². The summed E-state index contributed by atoms with van der Waals surface area (Å²) in [5.74, 6) is 0.0566. The molecular weight excluding hydrogens is 278 g/mol. The molecular formula is C10H20ClN3O3S. The molecule has 2 N–H and O–H groups in total. The van der Waals surface area contributed by atoms with Gasteiger partial charge in [0.15, 0.2) is 0 Å². The van der Waals surface area contributed by atoms with Crippen LogP contribution in [-0.4, -0.2) is 67.9 Å². The number of nitrogens with two attached hydrogens (primary N) is 1. The number of alkyl halides is 1. The quantitative estimate of drug-likeness (QED) is 0.666. The molecule has 0 aliphatic carbocycles. The van der Waals surface area contributed by atoms with E-state index in [4.69, 9.17) is 17.3 Å². The average molecular weight is 298 g/mol. The van der Waals surface area contributed by atoms with Crippen LogP contribution in [0.5, 0.6) is 0 Å². The highest BCUT2D eigenvalue weighted by Crippen LogP contribution is 2.09. The maximum Gasteiger partial charge on any atom is 0.231 e. The molecule has 1 heterocycles. The molecule has 1 saturated heterocycles. The maximum absolute atomic E-state index is 12.0. The molecule has 0 aromatic rings. The van der Waals surface area contributed by atoms with Crippen molar-refractivity contribution < 1.29 is 13.2 Å². The fraction of sp³-hybridized carbons (Fsp3) is 0.900. The lowest BCUT2D eigenvalue weighted by atomic mass is 10.4. The van der Waals surface area contributed by atoms with Gasteiger partial charge in [-0.1, -0.05) is 0 Å². The van der Waals surface area contributed by atoms with E-state index in [1.165, 1.54) is 4.31 Å². The standard InChI is InChI=1S/C10H20ClN3O3S/c11-3-1-8-18(16,17)14-5-2-4-13(6-7-14)9-10(12)15/h1-9H2,(H2,12,15). The number of hydrogen-bond donors (Lipinski definition) is 1. The molecule has 1 aliphatic rings. The number of carbonyl (C=O) groups excluding carboxylic acids is 1. The SMILES string of the molecule is NC(=O)CN1CCCN(S(=O)(=O)CCCCl)CC1. The van der Waals surface area contributed by atoms with E-state index in [0.29, 0.717) is 44.9 Å². The Hall–Kier alpha value is -0.370. The van der Waals surface area contributed by atoms with Gasteiger partial charge in [-0.05, 0) is 19.4 Å². The Morgan fingerprint density at radius 3 is 2.56 bits per heavy atom. The summed E-state index contributed by atoms with van der Waals surface area (Å²) < 4.78 is 25.5. The lowest BCUT2D eigenvalue weighted by Crippen LogP contribution is -2.39. The van der Waals surface area contributed by atoms with Crippen LogP contribution in [0.15, 0.2) is 0 Å². The van der Waals surface area contributed by atoms with Gasteiger partial charge < -0.3 is 5.73 Å². The van der Waals surface area contributed by atoms with Crippen molar-refractivity contribution in [1.82, 2.24) is 9.21 Å². The first-order valence-corrected chi connectivity index (χ1v) is 8.14. The zero-order chi connectivity index (χ0) is 13.6. The molecule has 0 saturated carbocycles. The second kappa shape index (κ2) is 7.28. The Morgan fingerprint density at radius 2 is 1.94 bits per heavy atom. The van der Waals surface area contributed by atoms with E-state index in [9.17, 15) is 13.2 Å². The fourth-order valence-corrected chi connectivity index (χ4v) is 3.80. The van der Waals surface area contributed by atoms with Crippen LogP contribution in [0, 0.1) is 0 Å². The first-order chi connectivity index (χ1) is 8.45. The van der Waals surface area contributed by atoms with Crippen molar-refractivity contribution in [3.8, 4) is 0 Å². The summed E-state index contributed by atoms with van der Waals surface area (Å²) in [6.45, 7) is 2.35. The normalized spacial score (nSPS) is 19.6. The number of nitrogens with zero attached hydrogens (tertiary/aromatic N) is 2. The molecule has 6 nitrogen and oxygen atoms in total. The van der Waals surface area contributed by atoms with Crippen molar-refractivity contribution in [2.75, 3.05) is 44.4 Å². The van der Waals surface area contributed by atoms with Gasteiger partial charge in [-0.25, -0.2) is 12.7 Å². The molecule has 0 spiro atoms. The Kier molecular flexibility index (Phi) is 6.34. The van der Waals surface area contributed by atoms with E-state index < -0.39 is 10.0 Å². The van der Waals surface area contributed by atoms with E-state index in [-0.39, 0.29) is 18.2 Å². The summed E-state index contributed by atoms with van der Waals surface area (Å²) in [5.41, 5.74) is 5.13. The monoisotopic (exact) mass is 297 g/mol. The van der Waals surface area contributed by atoms with Crippen LogP contribution in [0.25, 0.3) is 0 Å². The highest BCUT2D eigenvalue weighted by Gasteiger charge is 2.24. The minimum atomic E-state index is -3.21. The van der Waals surface area contributed by atoms with Crippen LogP contribution >= 0.6 is 11.6 Å². The Labute approximate surface area is 113 Å². The van der Waals surface area contributed by atoms with Crippen LogP contribution < -0.4 is 5.73 Å². The van der Waals surface area contributed by atoms with Gasteiger partial charge >= 0.3 is 0 Å².